The highest BCUT2D eigenvalue weighted by molar-refractivity contribution is 7.15. The molecule has 0 atom stereocenters. The van der Waals surface area contributed by atoms with Crippen LogP contribution in [0.2, 0.25) is 0 Å². The summed E-state index contributed by atoms with van der Waals surface area (Å²) in [5.74, 6) is 0.922. The van der Waals surface area contributed by atoms with Crippen molar-refractivity contribution >= 4 is 40.3 Å². The first-order chi connectivity index (χ1) is 10.3. The lowest BCUT2D eigenvalue weighted by atomic mass is 10.1. The van der Waals surface area contributed by atoms with Crippen LogP contribution in [-0.2, 0) is 6.54 Å². The number of hydrogen-bond acceptors (Lipinski definition) is 5. The number of rotatable bonds is 4. The average molecular weight is 337 g/mol. The number of aromatic nitrogens is 1. The molecule has 22 heavy (non-hydrogen) atoms. The van der Waals surface area contributed by atoms with E-state index in [2.05, 4.69) is 39.0 Å². The molecule has 2 aliphatic rings. The standard InChI is InChI=1S/C16H20N4S.ClH/c17-16-18-9-13(21-16)11-20-8-7-19(10-12-5-6-12)14-3-1-2-4-15(14)20;/h1-4,9,12H,5-8,10-11H2,(H2,17,18);1H. The second kappa shape index (κ2) is 6.34. The summed E-state index contributed by atoms with van der Waals surface area (Å²) < 4.78 is 0. The first-order valence-corrected chi connectivity index (χ1v) is 8.40. The molecule has 0 unspecified atom stereocenters. The van der Waals surface area contributed by atoms with Crippen LogP contribution >= 0.6 is 23.7 Å². The number of anilines is 3. The summed E-state index contributed by atoms with van der Waals surface area (Å²) in [6, 6.07) is 8.77. The van der Waals surface area contributed by atoms with Crippen LogP contribution in [0, 0.1) is 5.92 Å². The van der Waals surface area contributed by atoms with Gasteiger partial charge in [0, 0.05) is 30.7 Å². The minimum atomic E-state index is 0. The van der Waals surface area contributed by atoms with Gasteiger partial charge in [-0.3, -0.25) is 0 Å². The van der Waals surface area contributed by atoms with Gasteiger partial charge in [-0.1, -0.05) is 12.1 Å². The maximum Gasteiger partial charge on any atom is 0.180 e. The van der Waals surface area contributed by atoms with Gasteiger partial charge < -0.3 is 15.5 Å². The lowest BCUT2D eigenvalue weighted by Gasteiger charge is -2.38. The van der Waals surface area contributed by atoms with Crippen LogP contribution in [0.25, 0.3) is 0 Å². The Morgan fingerprint density at radius 3 is 2.45 bits per heavy atom. The van der Waals surface area contributed by atoms with Crippen molar-refractivity contribution in [2.75, 3.05) is 35.2 Å². The number of nitrogens with zero attached hydrogens (tertiary/aromatic N) is 3. The van der Waals surface area contributed by atoms with Gasteiger partial charge in [-0.05, 0) is 30.9 Å². The number of halogens is 1. The van der Waals surface area contributed by atoms with E-state index in [4.69, 9.17) is 5.73 Å². The van der Waals surface area contributed by atoms with E-state index < -0.39 is 0 Å². The predicted octanol–water partition coefficient (Wildman–Crippen LogP) is 3.38. The molecule has 1 fully saturated rings. The van der Waals surface area contributed by atoms with Crippen molar-refractivity contribution in [3.8, 4) is 0 Å². The van der Waals surface area contributed by atoms with E-state index in [0.717, 1.165) is 25.6 Å². The second-order valence-electron chi connectivity index (χ2n) is 5.96. The van der Waals surface area contributed by atoms with Crippen LogP contribution < -0.4 is 15.5 Å². The third kappa shape index (κ3) is 3.15. The number of nitrogen functional groups attached to an aromatic ring is 1. The molecule has 2 aromatic rings. The van der Waals surface area contributed by atoms with Gasteiger partial charge in [0.15, 0.2) is 5.13 Å². The van der Waals surface area contributed by atoms with Crippen molar-refractivity contribution in [3.63, 3.8) is 0 Å². The molecule has 0 amide bonds. The summed E-state index contributed by atoms with van der Waals surface area (Å²) in [7, 11) is 0. The Labute approximate surface area is 141 Å². The lowest BCUT2D eigenvalue weighted by molar-refractivity contribution is 0.667. The normalized spacial score (nSPS) is 17.1. The molecule has 1 saturated carbocycles. The first kappa shape index (κ1) is 15.4. The molecule has 0 bridgehead atoms. The summed E-state index contributed by atoms with van der Waals surface area (Å²) in [4.78, 5) is 10.4. The van der Waals surface area contributed by atoms with Crippen molar-refractivity contribution in [2.45, 2.75) is 19.4 Å². The Morgan fingerprint density at radius 1 is 1.14 bits per heavy atom. The smallest absolute Gasteiger partial charge is 0.180 e. The van der Waals surface area contributed by atoms with Crippen molar-refractivity contribution in [3.05, 3.63) is 35.3 Å². The molecule has 0 radical (unpaired) electrons. The Kier molecular flexibility index (Phi) is 4.45. The van der Waals surface area contributed by atoms with Crippen LogP contribution in [0.5, 0.6) is 0 Å². The number of benzene rings is 1. The molecule has 0 saturated heterocycles. The molecule has 2 heterocycles. The Balaban J connectivity index is 0.00000144. The fourth-order valence-electron chi connectivity index (χ4n) is 3.03. The minimum absolute atomic E-state index is 0. The van der Waals surface area contributed by atoms with Gasteiger partial charge in [0.25, 0.3) is 0 Å². The zero-order chi connectivity index (χ0) is 14.2. The number of para-hydroxylation sites is 2. The van der Waals surface area contributed by atoms with E-state index in [1.807, 2.05) is 6.20 Å². The van der Waals surface area contributed by atoms with Crippen LogP contribution in [0.3, 0.4) is 0 Å². The zero-order valence-corrected chi connectivity index (χ0v) is 14.1. The number of fused-ring (bicyclic) bond motifs is 1. The van der Waals surface area contributed by atoms with E-state index >= 15 is 0 Å². The van der Waals surface area contributed by atoms with Crippen LogP contribution in [0.1, 0.15) is 17.7 Å². The Morgan fingerprint density at radius 2 is 1.82 bits per heavy atom. The predicted molar refractivity (Wildman–Crippen MR) is 96.2 cm³/mol. The maximum absolute atomic E-state index is 5.74. The highest BCUT2D eigenvalue weighted by atomic mass is 35.5. The fourth-order valence-corrected chi connectivity index (χ4v) is 3.73. The minimum Gasteiger partial charge on any atom is -0.375 e. The number of nitrogens with two attached hydrogens (primary N) is 1. The van der Waals surface area contributed by atoms with Gasteiger partial charge in [0.05, 0.1) is 17.9 Å². The summed E-state index contributed by atoms with van der Waals surface area (Å²) in [6.07, 6.45) is 4.71. The third-order valence-corrected chi connectivity index (χ3v) is 5.11. The third-order valence-electron chi connectivity index (χ3n) is 4.30. The molecule has 4 rings (SSSR count). The van der Waals surface area contributed by atoms with E-state index in [-0.39, 0.29) is 12.4 Å². The van der Waals surface area contributed by atoms with Gasteiger partial charge in [-0.15, -0.1) is 23.7 Å². The maximum atomic E-state index is 5.74. The van der Waals surface area contributed by atoms with Crippen molar-refractivity contribution < 1.29 is 0 Å². The topological polar surface area (TPSA) is 45.4 Å². The Hall–Kier alpha value is -1.46. The molecule has 1 aromatic heterocycles. The zero-order valence-electron chi connectivity index (χ0n) is 12.4. The van der Waals surface area contributed by atoms with Crippen molar-refractivity contribution in [1.29, 1.82) is 0 Å². The van der Waals surface area contributed by atoms with E-state index in [1.54, 1.807) is 11.3 Å². The van der Waals surface area contributed by atoms with Gasteiger partial charge >= 0.3 is 0 Å². The molecular formula is C16H21ClN4S. The van der Waals surface area contributed by atoms with Crippen LogP contribution in [0.4, 0.5) is 16.5 Å². The van der Waals surface area contributed by atoms with Gasteiger partial charge in [0.1, 0.15) is 0 Å². The first-order valence-electron chi connectivity index (χ1n) is 7.59. The number of thiazole rings is 1. The van der Waals surface area contributed by atoms with E-state index in [0.29, 0.717) is 5.13 Å². The molecule has 118 valence electrons. The summed E-state index contributed by atoms with van der Waals surface area (Å²) in [6.45, 7) is 4.31. The molecule has 6 heteroatoms. The monoisotopic (exact) mass is 336 g/mol. The average Bonchev–Trinajstić information content (AvgIpc) is 3.23. The summed E-state index contributed by atoms with van der Waals surface area (Å²) in [5.41, 5.74) is 8.47. The highest BCUT2D eigenvalue weighted by Gasteiger charge is 2.28. The molecule has 0 spiro atoms. The van der Waals surface area contributed by atoms with Crippen LogP contribution in [-0.4, -0.2) is 24.6 Å². The van der Waals surface area contributed by atoms with Gasteiger partial charge in [-0.25, -0.2) is 4.98 Å². The highest BCUT2D eigenvalue weighted by Crippen LogP contribution is 2.38. The molecule has 1 aromatic carbocycles. The number of hydrogen-bond donors (Lipinski definition) is 1. The largest absolute Gasteiger partial charge is 0.375 e. The Bertz CT molecular complexity index is 641. The second-order valence-corrected chi connectivity index (χ2v) is 7.11. The molecule has 4 nitrogen and oxygen atoms in total. The van der Waals surface area contributed by atoms with Crippen molar-refractivity contribution in [1.82, 2.24) is 4.98 Å². The molecule has 1 aliphatic heterocycles. The summed E-state index contributed by atoms with van der Waals surface area (Å²) in [5, 5.41) is 0.658. The summed E-state index contributed by atoms with van der Waals surface area (Å²) >= 11 is 1.59. The quantitative estimate of drug-likeness (QED) is 0.929. The van der Waals surface area contributed by atoms with Gasteiger partial charge in [0.2, 0.25) is 0 Å². The fraction of sp³-hybridized carbons (Fsp3) is 0.438. The van der Waals surface area contributed by atoms with Gasteiger partial charge in [-0.2, -0.15) is 0 Å². The van der Waals surface area contributed by atoms with E-state index in [9.17, 15) is 0 Å². The molecule has 2 N–H and O–H groups in total. The van der Waals surface area contributed by atoms with Crippen LogP contribution in [0.15, 0.2) is 30.5 Å². The SMILES string of the molecule is Cl.Nc1ncc(CN2CCN(CC3CC3)c3ccccc32)s1. The molecule has 1 aliphatic carbocycles. The lowest BCUT2D eigenvalue weighted by Crippen LogP contribution is -2.41. The van der Waals surface area contributed by atoms with Crippen molar-refractivity contribution in [2.24, 2.45) is 5.92 Å². The molecular weight excluding hydrogens is 316 g/mol. The van der Waals surface area contributed by atoms with E-state index in [1.165, 1.54) is 35.6 Å².